The van der Waals surface area contributed by atoms with E-state index in [1.807, 2.05) is 19.2 Å². The topological polar surface area (TPSA) is 55.6 Å². The fraction of sp³-hybridized carbons (Fsp3) is 0.650. The van der Waals surface area contributed by atoms with Crippen molar-refractivity contribution in [1.82, 2.24) is 4.90 Å². The maximum absolute atomic E-state index is 11.6. The molecule has 0 aromatic heterocycles. The van der Waals surface area contributed by atoms with Crippen LogP contribution in [0.25, 0.3) is 0 Å². The molecule has 3 fully saturated rings. The van der Waals surface area contributed by atoms with Crippen molar-refractivity contribution in [3.05, 3.63) is 35.4 Å². The first-order chi connectivity index (χ1) is 11.6. The van der Waals surface area contributed by atoms with Crippen molar-refractivity contribution in [2.75, 3.05) is 20.2 Å². The van der Waals surface area contributed by atoms with Gasteiger partial charge in [-0.3, -0.25) is 9.69 Å². The van der Waals surface area contributed by atoms with E-state index in [0.29, 0.717) is 17.4 Å². The predicted molar refractivity (Wildman–Crippen MR) is 101 cm³/mol. The Kier molecular flexibility index (Phi) is 5.42. The minimum atomic E-state index is -0.361. The van der Waals surface area contributed by atoms with Gasteiger partial charge in [-0.1, -0.05) is 25.0 Å². The van der Waals surface area contributed by atoms with E-state index in [0.717, 1.165) is 24.7 Å². The molecule has 2 saturated carbocycles. The molecule has 25 heavy (non-hydrogen) atoms. The van der Waals surface area contributed by atoms with Crippen LogP contribution in [0.1, 0.15) is 54.4 Å². The van der Waals surface area contributed by atoms with Crippen LogP contribution < -0.4 is 5.73 Å². The van der Waals surface area contributed by atoms with Gasteiger partial charge in [0.2, 0.25) is 5.91 Å². The van der Waals surface area contributed by atoms with Gasteiger partial charge in [0.05, 0.1) is 0 Å². The van der Waals surface area contributed by atoms with Crippen LogP contribution in [0.2, 0.25) is 0 Å². The Bertz CT molecular complexity index is 618. The number of likely N-dealkylation sites (tertiary alicyclic amines) is 1. The number of amides is 1. The van der Waals surface area contributed by atoms with Crippen molar-refractivity contribution in [3.63, 3.8) is 0 Å². The first kappa shape index (κ1) is 18.7. The summed E-state index contributed by atoms with van der Waals surface area (Å²) in [4.78, 5) is 14.4. The smallest absolute Gasteiger partial charge is 0.248 e. The largest absolute Gasteiger partial charge is 0.373 e. The lowest BCUT2D eigenvalue weighted by Crippen LogP contribution is -2.61. The molecule has 4 nitrogen and oxygen atoms in total. The average molecular weight is 365 g/mol. The molecule has 1 aliphatic heterocycles. The second-order valence-corrected chi connectivity index (χ2v) is 7.81. The van der Waals surface area contributed by atoms with E-state index in [-0.39, 0.29) is 23.9 Å². The molecule has 1 heterocycles. The van der Waals surface area contributed by atoms with Gasteiger partial charge in [-0.25, -0.2) is 0 Å². The highest BCUT2D eigenvalue weighted by molar-refractivity contribution is 5.92. The summed E-state index contributed by atoms with van der Waals surface area (Å²) in [7, 11) is 1.85. The van der Waals surface area contributed by atoms with Crippen molar-refractivity contribution < 1.29 is 9.53 Å². The number of carbonyl (C=O) groups is 1. The fourth-order valence-electron chi connectivity index (χ4n) is 5.36. The molecule has 2 bridgehead atoms. The number of piperidine rings is 1. The van der Waals surface area contributed by atoms with Crippen LogP contribution in [0.15, 0.2) is 24.3 Å². The van der Waals surface area contributed by atoms with E-state index < -0.39 is 0 Å². The van der Waals surface area contributed by atoms with E-state index in [2.05, 4.69) is 11.0 Å². The standard InChI is InChI=1S/C20H28N2O2.ClH/c1-24-20(15-6-2-5-14(11-15)19(21)23)16-7-3-8-17(20)13-22(12-16)18-9-4-10-18;/h2,5-6,11,16-18H,3-4,7-10,12-13H2,1H3,(H2,21,23);1H. The molecule has 2 N–H and O–H groups in total. The predicted octanol–water partition coefficient (Wildman–Crippen LogP) is 3.33. The van der Waals surface area contributed by atoms with E-state index >= 15 is 0 Å². The highest BCUT2D eigenvalue weighted by Gasteiger charge is 2.54. The van der Waals surface area contributed by atoms with E-state index in [1.54, 1.807) is 6.07 Å². The second-order valence-electron chi connectivity index (χ2n) is 7.81. The summed E-state index contributed by atoms with van der Waals surface area (Å²) in [6, 6.07) is 8.63. The number of carbonyl (C=O) groups excluding carboxylic acids is 1. The molecule has 2 atom stereocenters. The SMILES string of the molecule is COC1(c2cccc(C(N)=O)c2)C2CCCC1CN(C1CCC1)C2.Cl. The molecular formula is C20H29ClN2O2. The van der Waals surface area contributed by atoms with Crippen molar-refractivity contribution in [3.8, 4) is 0 Å². The minimum absolute atomic E-state index is 0. The third-order valence-corrected chi connectivity index (χ3v) is 6.76. The van der Waals surface area contributed by atoms with Crippen molar-refractivity contribution >= 4 is 18.3 Å². The minimum Gasteiger partial charge on any atom is -0.373 e. The van der Waals surface area contributed by atoms with Gasteiger partial charge in [-0.2, -0.15) is 0 Å². The van der Waals surface area contributed by atoms with Crippen LogP contribution in [0.4, 0.5) is 0 Å². The van der Waals surface area contributed by atoms with Gasteiger partial charge in [0.15, 0.2) is 0 Å². The number of hydrogen-bond acceptors (Lipinski definition) is 3. The van der Waals surface area contributed by atoms with Crippen LogP contribution in [0.5, 0.6) is 0 Å². The first-order valence-corrected chi connectivity index (χ1v) is 9.34. The normalized spacial score (nSPS) is 32.5. The summed E-state index contributed by atoms with van der Waals surface area (Å²) < 4.78 is 6.27. The Morgan fingerprint density at radius 1 is 1.16 bits per heavy atom. The van der Waals surface area contributed by atoms with E-state index in [9.17, 15) is 4.79 Å². The lowest BCUT2D eigenvalue weighted by molar-refractivity contribution is -0.177. The van der Waals surface area contributed by atoms with Gasteiger partial charge in [0, 0.05) is 43.6 Å². The second kappa shape index (κ2) is 7.26. The summed E-state index contributed by atoms with van der Waals surface area (Å²) in [6.07, 6.45) is 7.79. The number of halogens is 1. The van der Waals surface area contributed by atoms with Crippen molar-refractivity contribution in [2.24, 2.45) is 17.6 Å². The van der Waals surface area contributed by atoms with Gasteiger partial charge < -0.3 is 10.5 Å². The van der Waals surface area contributed by atoms with Gasteiger partial charge in [-0.15, -0.1) is 12.4 Å². The number of rotatable bonds is 4. The first-order valence-electron chi connectivity index (χ1n) is 9.34. The van der Waals surface area contributed by atoms with E-state index in [4.69, 9.17) is 10.5 Å². The molecule has 1 saturated heterocycles. The Morgan fingerprint density at radius 3 is 2.32 bits per heavy atom. The molecule has 2 unspecified atom stereocenters. The third-order valence-electron chi connectivity index (χ3n) is 6.76. The van der Waals surface area contributed by atoms with Gasteiger partial charge in [0.1, 0.15) is 5.60 Å². The Hall–Kier alpha value is -1.10. The average Bonchev–Trinajstić information content (AvgIpc) is 2.52. The lowest BCUT2D eigenvalue weighted by Gasteiger charge is -2.57. The third kappa shape index (κ3) is 2.98. The number of nitrogens with zero attached hydrogens (tertiary/aromatic N) is 1. The molecule has 1 aromatic carbocycles. The molecule has 138 valence electrons. The number of ether oxygens (including phenoxy) is 1. The molecule has 0 radical (unpaired) electrons. The molecule has 0 spiro atoms. The summed E-state index contributed by atoms with van der Waals surface area (Å²) in [5.41, 5.74) is 6.98. The zero-order valence-electron chi connectivity index (χ0n) is 14.9. The monoisotopic (exact) mass is 364 g/mol. The highest BCUT2D eigenvalue weighted by atomic mass is 35.5. The quantitative estimate of drug-likeness (QED) is 0.891. The van der Waals surface area contributed by atoms with Crippen LogP contribution in [0, 0.1) is 11.8 Å². The summed E-state index contributed by atoms with van der Waals surface area (Å²) in [5.74, 6) is 0.637. The summed E-state index contributed by atoms with van der Waals surface area (Å²) >= 11 is 0. The van der Waals surface area contributed by atoms with Gasteiger partial charge >= 0.3 is 0 Å². The van der Waals surface area contributed by atoms with Crippen LogP contribution in [0.3, 0.4) is 0 Å². The summed E-state index contributed by atoms with van der Waals surface area (Å²) in [5, 5.41) is 0. The number of hydrogen-bond donors (Lipinski definition) is 1. The Labute approximate surface area is 156 Å². The fourth-order valence-corrected chi connectivity index (χ4v) is 5.36. The molecular weight excluding hydrogens is 336 g/mol. The Morgan fingerprint density at radius 2 is 1.80 bits per heavy atom. The zero-order valence-corrected chi connectivity index (χ0v) is 15.8. The van der Waals surface area contributed by atoms with Crippen LogP contribution in [-0.4, -0.2) is 37.0 Å². The Balaban J connectivity index is 0.00000182. The maximum atomic E-state index is 11.6. The number of benzene rings is 1. The van der Waals surface area contributed by atoms with Crippen LogP contribution in [-0.2, 0) is 10.3 Å². The zero-order chi connectivity index (χ0) is 16.7. The number of methoxy groups -OCH3 is 1. The molecule has 5 heteroatoms. The summed E-state index contributed by atoms with van der Waals surface area (Å²) in [6.45, 7) is 2.24. The highest BCUT2D eigenvalue weighted by Crippen LogP contribution is 2.52. The van der Waals surface area contributed by atoms with Gasteiger partial charge in [0.25, 0.3) is 0 Å². The van der Waals surface area contributed by atoms with Crippen molar-refractivity contribution in [1.29, 1.82) is 0 Å². The number of nitrogens with two attached hydrogens (primary N) is 1. The maximum Gasteiger partial charge on any atom is 0.248 e. The lowest BCUT2D eigenvalue weighted by atomic mass is 9.61. The van der Waals surface area contributed by atoms with E-state index in [1.165, 1.54) is 38.5 Å². The molecule has 1 amide bonds. The van der Waals surface area contributed by atoms with Crippen molar-refractivity contribution in [2.45, 2.75) is 50.2 Å². The molecule has 2 aliphatic carbocycles. The molecule has 3 aliphatic rings. The number of primary amides is 1. The number of fused-ring (bicyclic) bond motifs is 2. The van der Waals surface area contributed by atoms with Gasteiger partial charge in [-0.05, 0) is 43.4 Å². The van der Waals surface area contributed by atoms with Crippen LogP contribution >= 0.6 is 12.4 Å². The molecule has 1 aromatic rings. The molecule has 4 rings (SSSR count).